The SMILES string of the molecule is CNC1CCc2[nH]c3ccc(NC(=O)Oc4ccc(Br)cc4)cc3c2C1. The summed E-state index contributed by atoms with van der Waals surface area (Å²) in [5.41, 5.74) is 4.49. The number of carbonyl (C=O) groups excluding carboxylic acids is 1. The first-order valence-corrected chi connectivity index (χ1v) is 9.47. The van der Waals surface area contributed by atoms with Crippen molar-refractivity contribution >= 4 is 38.6 Å². The summed E-state index contributed by atoms with van der Waals surface area (Å²) in [5.74, 6) is 0.502. The molecule has 3 aromatic rings. The molecule has 1 aliphatic rings. The molecule has 0 fully saturated rings. The van der Waals surface area contributed by atoms with E-state index in [0.717, 1.165) is 34.9 Å². The molecular weight excluding hydrogens is 394 g/mol. The third-order valence-corrected chi connectivity index (χ3v) is 5.40. The highest BCUT2D eigenvalue weighted by Crippen LogP contribution is 2.31. The highest BCUT2D eigenvalue weighted by atomic mass is 79.9. The maximum atomic E-state index is 12.2. The van der Waals surface area contributed by atoms with Gasteiger partial charge in [0.2, 0.25) is 0 Å². The van der Waals surface area contributed by atoms with Crippen LogP contribution in [0, 0.1) is 0 Å². The van der Waals surface area contributed by atoms with Crippen LogP contribution in [0.3, 0.4) is 0 Å². The normalized spacial score (nSPS) is 16.3. The number of hydrogen-bond donors (Lipinski definition) is 3. The van der Waals surface area contributed by atoms with E-state index in [1.165, 1.54) is 16.6 Å². The summed E-state index contributed by atoms with van der Waals surface area (Å²) in [6, 6.07) is 13.6. The topological polar surface area (TPSA) is 66.2 Å². The largest absolute Gasteiger partial charge is 0.417 e. The van der Waals surface area contributed by atoms with E-state index in [1.54, 1.807) is 12.1 Å². The zero-order valence-electron chi connectivity index (χ0n) is 14.4. The van der Waals surface area contributed by atoms with E-state index in [2.05, 4.69) is 31.5 Å². The number of fused-ring (bicyclic) bond motifs is 3. The smallest absolute Gasteiger partial charge is 0.410 e. The quantitative estimate of drug-likeness (QED) is 0.586. The summed E-state index contributed by atoms with van der Waals surface area (Å²) in [6.45, 7) is 0. The van der Waals surface area contributed by atoms with Gasteiger partial charge in [0.05, 0.1) is 0 Å². The van der Waals surface area contributed by atoms with Crippen molar-refractivity contribution in [2.24, 2.45) is 0 Å². The molecular formula is C20H20BrN3O2. The minimum atomic E-state index is -0.496. The van der Waals surface area contributed by atoms with E-state index in [1.807, 2.05) is 37.4 Å². The Morgan fingerprint density at radius 3 is 2.81 bits per heavy atom. The number of nitrogens with one attached hydrogen (secondary N) is 3. The van der Waals surface area contributed by atoms with E-state index in [4.69, 9.17) is 4.74 Å². The Morgan fingerprint density at radius 2 is 2.04 bits per heavy atom. The number of hydrogen-bond acceptors (Lipinski definition) is 3. The third kappa shape index (κ3) is 3.48. The first kappa shape index (κ1) is 17.1. The lowest BCUT2D eigenvalue weighted by molar-refractivity contribution is 0.215. The van der Waals surface area contributed by atoms with Crippen molar-refractivity contribution in [3.05, 3.63) is 58.2 Å². The molecule has 1 unspecified atom stereocenters. The number of aromatic amines is 1. The molecule has 4 rings (SSSR count). The Morgan fingerprint density at radius 1 is 1.23 bits per heavy atom. The second-order valence-electron chi connectivity index (χ2n) is 6.54. The van der Waals surface area contributed by atoms with Crippen LogP contribution in [0.1, 0.15) is 17.7 Å². The van der Waals surface area contributed by atoms with Crippen molar-refractivity contribution in [1.29, 1.82) is 0 Å². The van der Waals surface area contributed by atoms with Crippen molar-refractivity contribution in [1.82, 2.24) is 10.3 Å². The van der Waals surface area contributed by atoms with E-state index in [9.17, 15) is 4.79 Å². The van der Waals surface area contributed by atoms with Gasteiger partial charge in [-0.05, 0) is 74.3 Å². The van der Waals surface area contributed by atoms with Crippen molar-refractivity contribution in [3.8, 4) is 5.75 Å². The third-order valence-electron chi connectivity index (χ3n) is 4.87. The number of aryl methyl sites for hydroxylation is 1. The highest BCUT2D eigenvalue weighted by molar-refractivity contribution is 9.10. The number of carbonyl (C=O) groups is 1. The van der Waals surface area contributed by atoms with Crippen LogP contribution >= 0.6 is 15.9 Å². The highest BCUT2D eigenvalue weighted by Gasteiger charge is 2.21. The maximum Gasteiger partial charge on any atom is 0.417 e. The summed E-state index contributed by atoms with van der Waals surface area (Å²) >= 11 is 3.36. The van der Waals surface area contributed by atoms with Gasteiger partial charge in [-0.1, -0.05) is 15.9 Å². The van der Waals surface area contributed by atoms with Gasteiger partial charge >= 0.3 is 6.09 Å². The zero-order valence-corrected chi connectivity index (χ0v) is 16.0. The molecule has 0 radical (unpaired) electrons. The van der Waals surface area contributed by atoms with Gasteiger partial charge < -0.3 is 15.0 Å². The fourth-order valence-electron chi connectivity index (χ4n) is 3.49. The van der Waals surface area contributed by atoms with Gasteiger partial charge in [-0.15, -0.1) is 0 Å². The maximum absolute atomic E-state index is 12.2. The number of ether oxygens (including phenoxy) is 1. The zero-order chi connectivity index (χ0) is 18.1. The lowest BCUT2D eigenvalue weighted by Crippen LogP contribution is -2.31. The second-order valence-corrected chi connectivity index (χ2v) is 7.45. The summed E-state index contributed by atoms with van der Waals surface area (Å²) in [7, 11) is 2.01. The van der Waals surface area contributed by atoms with E-state index in [-0.39, 0.29) is 0 Å². The average molecular weight is 414 g/mol. The summed E-state index contributed by atoms with van der Waals surface area (Å²) < 4.78 is 6.26. The fraction of sp³-hybridized carbons (Fsp3) is 0.250. The Hall–Kier alpha value is -2.31. The van der Waals surface area contributed by atoms with Crippen LogP contribution in [0.4, 0.5) is 10.5 Å². The number of amides is 1. The molecule has 0 saturated carbocycles. The molecule has 26 heavy (non-hydrogen) atoms. The molecule has 5 nitrogen and oxygen atoms in total. The molecule has 1 aromatic heterocycles. The molecule has 0 aliphatic heterocycles. The molecule has 1 heterocycles. The van der Waals surface area contributed by atoms with Crippen molar-refractivity contribution in [3.63, 3.8) is 0 Å². The molecule has 6 heteroatoms. The molecule has 1 atom stereocenters. The fourth-order valence-corrected chi connectivity index (χ4v) is 3.76. The number of aromatic nitrogens is 1. The summed E-state index contributed by atoms with van der Waals surface area (Å²) in [6.07, 6.45) is 2.69. The lowest BCUT2D eigenvalue weighted by Gasteiger charge is -2.21. The summed E-state index contributed by atoms with van der Waals surface area (Å²) in [4.78, 5) is 15.7. The van der Waals surface area contributed by atoms with E-state index >= 15 is 0 Å². The molecule has 0 spiro atoms. The lowest BCUT2D eigenvalue weighted by atomic mass is 9.91. The van der Waals surface area contributed by atoms with Crippen LogP contribution in [0.2, 0.25) is 0 Å². The molecule has 0 saturated heterocycles. The summed E-state index contributed by atoms with van der Waals surface area (Å²) in [5, 5.41) is 7.35. The van der Waals surface area contributed by atoms with Crippen LogP contribution in [0.25, 0.3) is 10.9 Å². The van der Waals surface area contributed by atoms with Gasteiger partial charge in [-0.25, -0.2) is 4.79 Å². The Balaban J connectivity index is 1.53. The first-order chi connectivity index (χ1) is 12.6. The van der Waals surface area contributed by atoms with Crippen molar-refractivity contribution in [2.45, 2.75) is 25.3 Å². The molecule has 1 aliphatic carbocycles. The number of halogens is 1. The van der Waals surface area contributed by atoms with Gasteiger partial charge in [0.1, 0.15) is 5.75 Å². The Kier molecular flexibility index (Phi) is 4.70. The van der Waals surface area contributed by atoms with Gasteiger partial charge in [0.15, 0.2) is 0 Å². The minimum Gasteiger partial charge on any atom is -0.410 e. The number of likely N-dealkylation sites (N-methyl/N-ethyl adjacent to an activating group) is 1. The predicted molar refractivity (Wildman–Crippen MR) is 107 cm³/mol. The minimum absolute atomic E-state index is 0.496. The molecule has 134 valence electrons. The van der Waals surface area contributed by atoms with Gasteiger partial charge in [0.25, 0.3) is 0 Å². The number of rotatable bonds is 3. The van der Waals surface area contributed by atoms with Crippen LogP contribution in [-0.4, -0.2) is 24.2 Å². The predicted octanol–water partition coefficient (Wildman–Crippen LogP) is 4.62. The van der Waals surface area contributed by atoms with E-state index < -0.39 is 6.09 Å². The van der Waals surface area contributed by atoms with Crippen molar-refractivity contribution < 1.29 is 9.53 Å². The number of anilines is 1. The standard InChI is InChI=1S/C20H20BrN3O2/c1-22-13-4-8-18-16(10-13)17-11-14(5-9-19(17)24-18)23-20(25)26-15-6-2-12(21)3-7-15/h2-3,5-7,9,11,13,22,24H,4,8,10H2,1H3,(H,23,25). The van der Waals surface area contributed by atoms with Crippen LogP contribution in [-0.2, 0) is 12.8 Å². The molecule has 1 amide bonds. The second kappa shape index (κ2) is 7.13. The van der Waals surface area contributed by atoms with E-state index in [0.29, 0.717) is 11.8 Å². The average Bonchev–Trinajstić information content (AvgIpc) is 3.00. The van der Waals surface area contributed by atoms with Crippen LogP contribution < -0.4 is 15.4 Å². The monoisotopic (exact) mass is 413 g/mol. The molecule has 0 bridgehead atoms. The van der Waals surface area contributed by atoms with Crippen LogP contribution in [0.15, 0.2) is 46.9 Å². The first-order valence-electron chi connectivity index (χ1n) is 8.67. The van der Waals surface area contributed by atoms with Gasteiger partial charge in [0, 0.05) is 32.8 Å². The van der Waals surface area contributed by atoms with Crippen molar-refractivity contribution in [2.75, 3.05) is 12.4 Å². The van der Waals surface area contributed by atoms with Crippen LogP contribution in [0.5, 0.6) is 5.75 Å². The number of benzene rings is 2. The Labute approximate surface area is 160 Å². The van der Waals surface area contributed by atoms with Gasteiger partial charge in [-0.3, -0.25) is 5.32 Å². The number of H-pyrrole nitrogens is 1. The molecule has 2 aromatic carbocycles. The Bertz CT molecular complexity index is 950. The van der Waals surface area contributed by atoms with Gasteiger partial charge in [-0.2, -0.15) is 0 Å². The molecule has 3 N–H and O–H groups in total.